The van der Waals surface area contributed by atoms with Crippen LogP contribution in [-0.4, -0.2) is 49.9 Å². The molecule has 1 aromatic heterocycles. The number of benzene rings is 2. The monoisotopic (exact) mass is 431 g/mol. The zero-order chi connectivity index (χ0) is 20.4. The minimum atomic E-state index is -3.82. The van der Waals surface area contributed by atoms with Crippen LogP contribution < -0.4 is 5.32 Å². The number of nitrogens with zero attached hydrogens (tertiary/aromatic N) is 2. The first kappa shape index (κ1) is 19.8. The molecule has 29 heavy (non-hydrogen) atoms. The van der Waals surface area contributed by atoms with Crippen molar-refractivity contribution >= 4 is 44.1 Å². The number of sulfonamides is 1. The Balaban J connectivity index is 1.65. The number of aromatic nitrogens is 1. The fourth-order valence-electron chi connectivity index (χ4n) is 3.18. The van der Waals surface area contributed by atoms with Crippen molar-refractivity contribution < 1.29 is 17.9 Å². The van der Waals surface area contributed by atoms with Gasteiger partial charge < -0.3 is 10.1 Å². The van der Waals surface area contributed by atoms with E-state index >= 15 is 0 Å². The third-order valence-corrected chi connectivity index (χ3v) is 7.06. The Morgan fingerprint density at radius 1 is 1.10 bits per heavy atom. The maximum atomic E-state index is 13.0. The molecule has 0 unspecified atom stereocenters. The molecule has 9 heteroatoms. The van der Waals surface area contributed by atoms with E-state index in [2.05, 4.69) is 10.3 Å². The Hall–Kier alpha value is -2.52. The lowest BCUT2D eigenvalue weighted by Gasteiger charge is -2.26. The summed E-state index contributed by atoms with van der Waals surface area (Å²) in [5, 5.41) is 3.69. The molecule has 1 aliphatic rings. The predicted molar refractivity (Wildman–Crippen MR) is 111 cm³/mol. The van der Waals surface area contributed by atoms with E-state index in [1.165, 1.54) is 22.5 Å². The van der Waals surface area contributed by atoms with Crippen LogP contribution in [0.2, 0.25) is 5.02 Å². The zero-order valence-corrected chi connectivity index (χ0v) is 16.9. The summed E-state index contributed by atoms with van der Waals surface area (Å²) >= 11 is 6.17. The van der Waals surface area contributed by atoms with E-state index in [1.54, 1.807) is 24.4 Å². The highest BCUT2D eigenvalue weighted by atomic mass is 35.5. The van der Waals surface area contributed by atoms with Gasteiger partial charge in [-0.25, -0.2) is 8.42 Å². The van der Waals surface area contributed by atoms with Crippen LogP contribution in [0.1, 0.15) is 10.4 Å². The van der Waals surface area contributed by atoms with Gasteiger partial charge in [-0.2, -0.15) is 4.31 Å². The summed E-state index contributed by atoms with van der Waals surface area (Å²) < 4.78 is 32.5. The van der Waals surface area contributed by atoms with Crippen LogP contribution in [0.3, 0.4) is 0 Å². The molecule has 150 valence electrons. The molecule has 4 rings (SSSR count). The lowest BCUT2D eigenvalue weighted by molar-refractivity contribution is 0.0730. The Kier molecular flexibility index (Phi) is 5.51. The molecule has 3 aromatic rings. The second-order valence-corrected chi connectivity index (χ2v) is 8.81. The summed E-state index contributed by atoms with van der Waals surface area (Å²) in [5.74, 6) is -0.434. The van der Waals surface area contributed by atoms with Crippen LogP contribution in [-0.2, 0) is 14.8 Å². The zero-order valence-electron chi connectivity index (χ0n) is 15.3. The molecular weight excluding hydrogens is 414 g/mol. The van der Waals surface area contributed by atoms with Crippen LogP contribution in [0.4, 0.5) is 5.69 Å². The minimum absolute atomic E-state index is 0.0717. The second kappa shape index (κ2) is 8.08. The highest BCUT2D eigenvalue weighted by Crippen LogP contribution is 2.27. The van der Waals surface area contributed by atoms with Gasteiger partial charge in [0, 0.05) is 30.2 Å². The number of hydrogen-bond donors (Lipinski definition) is 1. The van der Waals surface area contributed by atoms with Crippen molar-refractivity contribution in [3.8, 4) is 0 Å². The molecule has 0 saturated carbocycles. The highest BCUT2D eigenvalue weighted by Gasteiger charge is 2.29. The third-order valence-electron chi connectivity index (χ3n) is 4.68. The molecule has 1 saturated heterocycles. The number of hydrogen-bond acceptors (Lipinski definition) is 5. The van der Waals surface area contributed by atoms with Gasteiger partial charge in [0.2, 0.25) is 10.0 Å². The van der Waals surface area contributed by atoms with Crippen molar-refractivity contribution in [3.05, 3.63) is 65.3 Å². The first-order chi connectivity index (χ1) is 14.0. The van der Waals surface area contributed by atoms with Gasteiger partial charge in [-0.15, -0.1) is 0 Å². The number of morpholine rings is 1. The van der Waals surface area contributed by atoms with Gasteiger partial charge in [0.25, 0.3) is 5.91 Å². The molecular formula is C20H18ClN3O4S. The number of nitrogens with one attached hydrogen (secondary N) is 1. The molecule has 1 amide bonds. The van der Waals surface area contributed by atoms with E-state index in [-0.39, 0.29) is 28.6 Å². The maximum Gasteiger partial charge on any atom is 0.255 e. The summed E-state index contributed by atoms with van der Waals surface area (Å²) in [4.78, 5) is 17.0. The van der Waals surface area contributed by atoms with Gasteiger partial charge in [0.05, 0.1) is 29.4 Å². The molecule has 0 aliphatic carbocycles. The van der Waals surface area contributed by atoms with Crippen molar-refractivity contribution in [3.63, 3.8) is 0 Å². The predicted octanol–water partition coefficient (Wildman–Crippen LogP) is 3.16. The largest absolute Gasteiger partial charge is 0.379 e. The number of anilines is 1. The molecule has 0 radical (unpaired) electrons. The number of carbonyl (C=O) groups excluding carboxylic acids is 1. The van der Waals surface area contributed by atoms with Gasteiger partial charge >= 0.3 is 0 Å². The van der Waals surface area contributed by atoms with E-state index in [4.69, 9.17) is 16.3 Å². The fourth-order valence-corrected chi connectivity index (χ4v) is 5.08. The average Bonchev–Trinajstić information content (AvgIpc) is 2.75. The lowest BCUT2D eigenvalue weighted by atomic mass is 10.1. The van der Waals surface area contributed by atoms with Crippen molar-refractivity contribution in [1.82, 2.24) is 9.29 Å². The van der Waals surface area contributed by atoms with Gasteiger partial charge in [0.15, 0.2) is 0 Å². The Morgan fingerprint density at radius 2 is 1.90 bits per heavy atom. The van der Waals surface area contributed by atoms with Gasteiger partial charge in [0.1, 0.15) is 4.90 Å². The summed E-state index contributed by atoms with van der Waals surface area (Å²) in [5.41, 5.74) is 1.53. The van der Waals surface area contributed by atoms with Crippen LogP contribution in [0, 0.1) is 0 Å². The lowest BCUT2D eigenvalue weighted by Crippen LogP contribution is -2.40. The Bertz CT molecular complexity index is 1170. The van der Waals surface area contributed by atoms with Gasteiger partial charge in [-0.1, -0.05) is 17.7 Å². The van der Waals surface area contributed by atoms with Crippen LogP contribution in [0.15, 0.2) is 59.6 Å². The first-order valence-corrected chi connectivity index (χ1v) is 10.8. The Morgan fingerprint density at radius 3 is 2.69 bits per heavy atom. The van der Waals surface area contributed by atoms with E-state index in [9.17, 15) is 13.2 Å². The second-order valence-electron chi connectivity index (χ2n) is 6.49. The summed E-state index contributed by atoms with van der Waals surface area (Å²) in [6.07, 6.45) is 1.68. The van der Waals surface area contributed by atoms with Crippen molar-refractivity contribution in [1.29, 1.82) is 0 Å². The van der Waals surface area contributed by atoms with Crippen molar-refractivity contribution in [2.24, 2.45) is 0 Å². The number of amides is 1. The van der Waals surface area contributed by atoms with Crippen molar-refractivity contribution in [2.45, 2.75) is 4.90 Å². The molecule has 2 aromatic carbocycles. The molecule has 7 nitrogen and oxygen atoms in total. The number of pyridine rings is 1. The van der Waals surface area contributed by atoms with Crippen LogP contribution >= 0.6 is 11.6 Å². The van der Waals surface area contributed by atoms with E-state index < -0.39 is 15.9 Å². The van der Waals surface area contributed by atoms with E-state index in [0.29, 0.717) is 18.9 Å². The van der Waals surface area contributed by atoms with Gasteiger partial charge in [-0.05, 0) is 42.5 Å². The van der Waals surface area contributed by atoms with Crippen molar-refractivity contribution in [2.75, 3.05) is 31.6 Å². The minimum Gasteiger partial charge on any atom is -0.379 e. The molecule has 1 aliphatic heterocycles. The number of carbonyl (C=O) groups is 1. The average molecular weight is 432 g/mol. The normalized spacial score (nSPS) is 15.3. The molecule has 1 N–H and O–H groups in total. The SMILES string of the molecule is O=C(Nc1cccc2ncccc12)c1ccc(Cl)c(S(=O)(=O)N2CCOCC2)c1. The summed E-state index contributed by atoms with van der Waals surface area (Å²) in [7, 11) is -3.82. The highest BCUT2D eigenvalue weighted by molar-refractivity contribution is 7.89. The summed E-state index contributed by atoms with van der Waals surface area (Å²) in [6, 6.07) is 13.3. The van der Waals surface area contributed by atoms with E-state index in [1.807, 2.05) is 12.1 Å². The van der Waals surface area contributed by atoms with E-state index in [0.717, 1.165) is 10.9 Å². The third kappa shape index (κ3) is 3.97. The molecule has 0 atom stereocenters. The Labute approximate surface area is 173 Å². The standard InChI is InChI=1S/C20H18ClN3O4S/c21-16-7-6-14(13-19(16)29(26,27)24-9-11-28-12-10-24)20(25)23-18-5-1-4-17-15(18)3-2-8-22-17/h1-8,13H,9-12H2,(H,23,25). The topological polar surface area (TPSA) is 88.6 Å². The fraction of sp³-hybridized carbons (Fsp3) is 0.200. The number of rotatable bonds is 4. The number of halogens is 1. The molecule has 2 heterocycles. The quantitative estimate of drug-likeness (QED) is 0.685. The van der Waals surface area contributed by atoms with Crippen LogP contribution in [0.25, 0.3) is 10.9 Å². The molecule has 0 spiro atoms. The molecule has 0 bridgehead atoms. The smallest absolute Gasteiger partial charge is 0.255 e. The maximum absolute atomic E-state index is 13.0. The molecule has 1 fully saturated rings. The first-order valence-electron chi connectivity index (χ1n) is 8.99. The number of fused-ring (bicyclic) bond motifs is 1. The van der Waals surface area contributed by atoms with Gasteiger partial charge in [-0.3, -0.25) is 9.78 Å². The number of ether oxygens (including phenoxy) is 1. The van der Waals surface area contributed by atoms with Crippen LogP contribution in [0.5, 0.6) is 0 Å². The summed E-state index contributed by atoms with van der Waals surface area (Å²) in [6.45, 7) is 1.15.